The van der Waals surface area contributed by atoms with E-state index in [-0.39, 0.29) is 11.5 Å². The average molecular weight is 233 g/mol. The summed E-state index contributed by atoms with van der Waals surface area (Å²) >= 11 is 0. The Balaban J connectivity index is 2.00. The molecule has 2 aliphatic rings. The molecule has 2 aliphatic carbocycles. The molecule has 1 heterocycles. The Morgan fingerprint density at radius 2 is 1.88 bits per heavy atom. The van der Waals surface area contributed by atoms with Crippen molar-refractivity contribution in [3.63, 3.8) is 0 Å². The van der Waals surface area contributed by atoms with Crippen LogP contribution in [-0.4, -0.2) is 9.67 Å². The number of rotatable bonds is 1. The van der Waals surface area contributed by atoms with Gasteiger partial charge in [-0.15, -0.1) is 0 Å². The van der Waals surface area contributed by atoms with Crippen molar-refractivity contribution in [2.45, 2.75) is 59.1 Å². The second-order valence-electron chi connectivity index (χ2n) is 7.39. The molecule has 94 valence electrons. The number of fused-ring (bicyclic) bond motifs is 1. The number of hydrogen-bond donors (Lipinski definition) is 1. The van der Waals surface area contributed by atoms with Crippen LogP contribution in [0.5, 0.6) is 0 Å². The molecular formula is C15H23NO. The summed E-state index contributed by atoms with van der Waals surface area (Å²) in [5.41, 5.74) is 3.22. The van der Waals surface area contributed by atoms with E-state index in [1.54, 1.807) is 0 Å². The number of aromatic nitrogens is 1. The number of nitrogens with zero attached hydrogens (tertiary/aromatic N) is 1. The molecule has 0 aromatic carbocycles. The minimum atomic E-state index is -0.267. The zero-order chi connectivity index (χ0) is 12.4. The van der Waals surface area contributed by atoms with Crippen LogP contribution in [0, 0.1) is 10.8 Å². The Morgan fingerprint density at radius 3 is 2.47 bits per heavy atom. The van der Waals surface area contributed by atoms with Gasteiger partial charge in [-0.2, -0.15) is 0 Å². The van der Waals surface area contributed by atoms with Crippen molar-refractivity contribution in [3.05, 3.63) is 23.5 Å². The van der Waals surface area contributed by atoms with Crippen molar-refractivity contribution < 1.29 is 5.11 Å². The van der Waals surface area contributed by atoms with Crippen molar-refractivity contribution in [2.24, 2.45) is 10.8 Å². The first-order valence-electron chi connectivity index (χ1n) is 6.68. The van der Waals surface area contributed by atoms with Gasteiger partial charge in [-0.05, 0) is 36.2 Å². The SMILES string of the molecule is CC1(C)Cc2c(ccn2C2CC2(C)C)C(O)C1. The van der Waals surface area contributed by atoms with Gasteiger partial charge in [0.25, 0.3) is 0 Å². The highest BCUT2D eigenvalue weighted by molar-refractivity contribution is 5.31. The first-order chi connectivity index (χ1) is 7.80. The standard InChI is InChI=1S/C15H23NO/c1-14(2)7-11-10(12(17)8-14)5-6-16(11)13-9-15(13,3)4/h5-6,12-13,17H,7-9H2,1-4H3. The van der Waals surface area contributed by atoms with E-state index in [4.69, 9.17) is 0 Å². The summed E-state index contributed by atoms with van der Waals surface area (Å²) in [6.45, 7) is 9.17. The maximum atomic E-state index is 10.2. The smallest absolute Gasteiger partial charge is 0.0812 e. The minimum Gasteiger partial charge on any atom is -0.388 e. The quantitative estimate of drug-likeness (QED) is 0.789. The molecule has 17 heavy (non-hydrogen) atoms. The van der Waals surface area contributed by atoms with Crippen LogP contribution in [-0.2, 0) is 6.42 Å². The first kappa shape index (κ1) is 11.3. The second-order valence-corrected chi connectivity index (χ2v) is 7.39. The largest absolute Gasteiger partial charge is 0.388 e. The van der Waals surface area contributed by atoms with Gasteiger partial charge in [-0.25, -0.2) is 0 Å². The van der Waals surface area contributed by atoms with Crippen LogP contribution in [0.15, 0.2) is 12.3 Å². The minimum absolute atomic E-state index is 0.224. The van der Waals surface area contributed by atoms with Crippen LogP contribution < -0.4 is 0 Å². The molecule has 1 saturated carbocycles. The van der Waals surface area contributed by atoms with Crippen molar-refractivity contribution in [1.29, 1.82) is 0 Å². The van der Waals surface area contributed by atoms with Crippen LogP contribution in [0.4, 0.5) is 0 Å². The lowest BCUT2D eigenvalue weighted by molar-refractivity contribution is 0.0978. The monoisotopic (exact) mass is 233 g/mol. The van der Waals surface area contributed by atoms with Crippen LogP contribution in [0.1, 0.15) is 63.9 Å². The Hall–Kier alpha value is -0.760. The zero-order valence-electron chi connectivity index (χ0n) is 11.3. The maximum absolute atomic E-state index is 10.2. The van der Waals surface area contributed by atoms with Crippen LogP contribution in [0.3, 0.4) is 0 Å². The zero-order valence-corrected chi connectivity index (χ0v) is 11.3. The molecule has 2 nitrogen and oxygen atoms in total. The van der Waals surface area contributed by atoms with Gasteiger partial charge < -0.3 is 9.67 Å². The molecular weight excluding hydrogens is 210 g/mol. The van der Waals surface area contributed by atoms with Crippen molar-refractivity contribution in [3.8, 4) is 0 Å². The molecule has 1 fully saturated rings. The molecule has 2 heteroatoms. The third kappa shape index (κ3) is 1.74. The highest BCUT2D eigenvalue weighted by Crippen LogP contribution is 2.57. The highest BCUT2D eigenvalue weighted by atomic mass is 16.3. The maximum Gasteiger partial charge on any atom is 0.0812 e. The average Bonchev–Trinajstić information content (AvgIpc) is 2.63. The molecule has 1 aromatic heterocycles. The normalized spacial score (nSPS) is 33.2. The molecule has 2 unspecified atom stereocenters. The van der Waals surface area contributed by atoms with Crippen LogP contribution in [0.25, 0.3) is 0 Å². The van der Waals surface area contributed by atoms with E-state index in [0.717, 1.165) is 12.8 Å². The van der Waals surface area contributed by atoms with E-state index in [1.165, 1.54) is 17.7 Å². The first-order valence-corrected chi connectivity index (χ1v) is 6.68. The second kappa shape index (κ2) is 3.17. The fourth-order valence-electron chi connectivity index (χ4n) is 3.36. The molecule has 0 amide bonds. The summed E-state index contributed by atoms with van der Waals surface area (Å²) in [4.78, 5) is 0. The van der Waals surface area contributed by atoms with E-state index < -0.39 is 0 Å². The molecule has 2 atom stereocenters. The molecule has 3 rings (SSSR count). The van der Waals surface area contributed by atoms with Gasteiger partial charge in [0.2, 0.25) is 0 Å². The van der Waals surface area contributed by atoms with E-state index in [2.05, 4.69) is 44.5 Å². The van der Waals surface area contributed by atoms with E-state index in [0.29, 0.717) is 11.5 Å². The third-order valence-corrected chi connectivity index (χ3v) is 4.61. The molecule has 0 saturated heterocycles. The van der Waals surface area contributed by atoms with Gasteiger partial charge in [0.1, 0.15) is 0 Å². The lowest BCUT2D eigenvalue weighted by atomic mass is 9.75. The summed E-state index contributed by atoms with van der Waals surface area (Å²) in [5, 5.41) is 10.2. The van der Waals surface area contributed by atoms with Crippen molar-refractivity contribution in [2.75, 3.05) is 0 Å². The summed E-state index contributed by atoms with van der Waals surface area (Å²) in [6, 6.07) is 2.77. The molecule has 1 aromatic rings. The van der Waals surface area contributed by atoms with Gasteiger partial charge in [-0.3, -0.25) is 0 Å². The summed E-state index contributed by atoms with van der Waals surface area (Å²) in [5.74, 6) is 0. The van der Waals surface area contributed by atoms with Gasteiger partial charge >= 0.3 is 0 Å². The Bertz CT molecular complexity index is 455. The Labute approximate surface area is 104 Å². The van der Waals surface area contributed by atoms with E-state index in [1.807, 2.05) is 0 Å². The van der Waals surface area contributed by atoms with Gasteiger partial charge in [0.05, 0.1) is 6.10 Å². The molecule has 0 aliphatic heterocycles. The van der Waals surface area contributed by atoms with E-state index >= 15 is 0 Å². The van der Waals surface area contributed by atoms with Crippen molar-refractivity contribution in [1.82, 2.24) is 4.57 Å². The molecule has 0 spiro atoms. The third-order valence-electron chi connectivity index (χ3n) is 4.61. The van der Waals surface area contributed by atoms with Gasteiger partial charge in [0.15, 0.2) is 0 Å². The molecule has 0 radical (unpaired) electrons. The predicted molar refractivity (Wildman–Crippen MR) is 68.9 cm³/mol. The number of aliphatic hydroxyl groups excluding tert-OH is 1. The summed E-state index contributed by atoms with van der Waals surface area (Å²) in [6.07, 6.45) is 5.17. The van der Waals surface area contributed by atoms with Gasteiger partial charge in [0, 0.05) is 23.5 Å². The fourth-order valence-corrected chi connectivity index (χ4v) is 3.36. The van der Waals surface area contributed by atoms with Crippen molar-refractivity contribution >= 4 is 0 Å². The fraction of sp³-hybridized carbons (Fsp3) is 0.733. The van der Waals surface area contributed by atoms with Crippen LogP contribution in [0.2, 0.25) is 0 Å². The van der Waals surface area contributed by atoms with Crippen LogP contribution >= 0.6 is 0 Å². The van der Waals surface area contributed by atoms with Gasteiger partial charge in [-0.1, -0.05) is 27.7 Å². The molecule has 0 bridgehead atoms. The number of hydrogen-bond acceptors (Lipinski definition) is 1. The summed E-state index contributed by atoms with van der Waals surface area (Å²) < 4.78 is 2.43. The lowest BCUT2D eigenvalue weighted by Crippen LogP contribution is -2.26. The lowest BCUT2D eigenvalue weighted by Gasteiger charge is -2.34. The number of aliphatic hydroxyl groups is 1. The Kier molecular flexibility index (Phi) is 2.11. The Morgan fingerprint density at radius 1 is 1.24 bits per heavy atom. The highest BCUT2D eigenvalue weighted by Gasteiger charge is 2.48. The van der Waals surface area contributed by atoms with E-state index in [9.17, 15) is 5.11 Å². The topological polar surface area (TPSA) is 25.2 Å². The predicted octanol–water partition coefficient (Wildman–Crippen LogP) is 3.46. The molecule has 1 N–H and O–H groups in total. The summed E-state index contributed by atoms with van der Waals surface area (Å²) in [7, 11) is 0.